The van der Waals surface area contributed by atoms with Gasteiger partial charge in [-0.05, 0) is 44.9 Å². The second-order valence-electron chi connectivity index (χ2n) is 7.79. The fraction of sp³-hybridized carbons (Fsp3) is 0.500. The molecule has 2 saturated heterocycles. The lowest BCUT2D eigenvalue weighted by atomic mass is 10.00. The van der Waals surface area contributed by atoms with E-state index < -0.39 is 17.5 Å². The lowest BCUT2D eigenvalue weighted by Crippen LogP contribution is -2.51. The van der Waals surface area contributed by atoms with Gasteiger partial charge in [0.05, 0.1) is 22.8 Å². The third-order valence-electron chi connectivity index (χ3n) is 5.76. The Kier molecular flexibility index (Phi) is 5.26. The highest BCUT2D eigenvalue weighted by Gasteiger charge is 2.47. The van der Waals surface area contributed by atoms with E-state index in [4.69, 9.17) is 4.98 Å². The maximum atomic E-state index is 12.7. The van der Waals surface area contributed by atoms with E-state index in [1.807, 2.05) is 25.1 Å². The lowest BCUT2D eigenvalue weighted by molar-refractivity contribution is -0.139. The molecule has 2 aliphatic rings. The average molecular weight is 416 g/mol. The Morgan fingerprint density at radius 2 is 2.14 bits per heavy atom. The summed E-state index contributed by atoms with van der Waals surface area (Å²) >= 11 is 1.66. The number of imide groups is 1. The maximum Gasteiger partial charge on any atom is 0.344 e. The van der Waals surface area contributed by atoms with Gasteiger partial charge in [-0.3, -0.25) is 19.9 Å². The summed E-state index contributed by atoms with van der Waals surface area (Å²) in [4.78, 5) is 44.1. The molecule has 0 spiro atoms. The first-order valence-corrected chi connectivity index (χ1v) is 10.8. The number of nitrogens with one attached hydrogen (secondary N) is 2. The van der Waals surface area contributed by atoms with Gasteiger partial charge in [0.2, 0.25) is 0 Å². The quantitative estimate of drug-likeness (QED) is 0.732. The number of hydrogen-bond acceptors (Lipinski definition) is 6. The number of likely N-dealkylation sites (tertiary alicyclic amines) is 1. The van der Waals surface area contributed by atoms with Crippen molar-refractivity contribution in [3.63, 3.8) is 0 Å². The molecule has 3 heterocycles. The normalized spacial score (nSPS) is 25.4. The highest BCUT2D eigenvalue weighted by atomic mass is 32.1. The van der Waals surface area contributed by atoms with Crippen LogP contribution in [0.2, 0.25) is 0 Å². The second-order valence-corrected chi connectivity index (χ2v) is 8.86. The Balaban J connectivity index is 1.46. The third kappa shape index (κ3) is 3.72. The number of nitrogens with zero attached hydrogens (tertiary/aromatic N) is 3. The van der Waals surface area contributed by atoms with Gasteiger partial charge in [-0.2, -0.15) is 5.01 Å². The van der Waals surface area contributed by atoms with Gasteiger partial charge in [0.1, 0.15) is 10.5 Å². The SMILES string of the molecule is CC[C@@]1(C)NC(=O)N(NC(=O)CN2CCCC[C@H]2c2nc3ccccc3s2)C1=O. The molecule has 0 radical (unpaired) electrons. The Bertz CT molecular complexity index is 927. The Morgan fingerprint density at radius 1 is 1.34 bits per heavy atom. The van der Waals surface area contributed by atoms with Crippen molar-refractivity contribution >= 4 is 39.4 Å². The molecule has 2 atom stereocenters. The van der Waals surface area contributed by atoms with Gasteiger partial charge in [0.15, 0.2) is 0 Å². The average Bonchev–Trinajstić information content (AvgIpc) is 3.23. The van der Waals surface area contributed by atoms with E-state index in [9.17, 15) is 14.4 Å². The van der Waals surface area contributed by atoms with Crippen molar-refractivity contribution in [2.45, 2.75) is 51.1 Å². The van der Waals surface area contributed by atoms with Crippen LogP contribution in [0.3, 0.4) is 0 Å². The molecule has 1 aromatic carbocycles. The molecule has 2 fully saturated rings. The molecule has 1 aromatic heterocycles. The summed E-state index contributed by atoms with van der Waals surface area (Å²) < 4.78 is 1.13. The van der Waals surface area contributed by atoms with Crippen LogP contribution in [0.1, 0.15) is 50.6 Å². The molecule has 2 N–H and O–H groups in total. The molecule has 2 aromatic rings. The van der Waals surface area contributed by atoms with Gasteiger partial charge in [0.25, 0.3) is 11.8 Å². The Hall–Kier alpha value is -2.52. The molecular formula is C20H25N5O3S. The largest absolute Gasteiger partial charge is 0.344 e. The van der Waals surface area contributed by atoms with Crippen LogP contribution < -0.4 is 10.7 Å². The van der Waals surface area contributed by atoms with Gasteiger partial charge in [-0.15, -0.1) is 11.3 Å². The number of urea groups is 1. The first-order valence-electron chi connectivity index (χ1n) is 9.97. The second kappa shape index (κ2) is 7.72. The van der Waals surface area contributed by atoms with Crippen LogP contribution in [0.4, 0.5) is 4.79 Å². The van der Waals surface area contributed by atoms with E-state index in [1.54, 1.807) is 18.3 Å². The van der Waals surface area contributed by atoms with E-state index in [2.05, 4.69) is 21.7 Å². The Morgan fingerprint density at radius 3 is 2.86 bits per heavy atom. The number of rotatable bonds is 5. The molecule has 154 valence electrons. The number of hydrazine groups is 1. The molecule has 29 heavy (non-hydrogen) atoms. The van der Waals surface area contributed by atoms with Crippen molar-refractivity contribution < 1.29 is 14.4 Å². The molecule has 4 rings (SSSR count). The highest BCUT2D eigenvalue weighted by molar-refractivity contribution is 7.18. The zero-order chi connectivity index (χ0) is 20.6. The molecule has 0 bridgehead atoms. The molecule has 0 unspecified atom stereocenters. The summed E-state index contributed by atoms with van der Waals surface area (Å²) in [5.41, 5.74) is 2.49. The van der Waals surface area contributed by atoms with Crippen molar-refractivity contribution in [3.8, 4) is 0 Å². The summed E-state index contributed by atoms with van der Waals surface area (Å²) in [6.07, 6.45) is 3.48. The molecule has 2 aliphatic heterocycles. The zero-order valence-corrected chi connectivity index (χ0v) is 17.4. The molecule has 0 saturated carbocycles. The fourth-order valence-corrected chi connectivity index (χ4v) is 5.00. The topological polar surface area (TPSA) is 94.6 Å². The van der Waals surface area contributed by atoms with E-state index in [1.165, 1.54) is 0 Å². The van der Waals surface area contributed by atoms with Gasteiger partial charge < -0.3 is 5.32 Å². The minimum absolute atomic E-state index is 0.0657. The summed E-state index contributed by atoms with van der Waals surface area (Å²) in [7, 11) is 0. The number of amides is 4. The lowest BCUT2D eigenvalue weighted by Gasteiger charge is -2.34. The molecule has 8 nitrogen and oxygen atoms in total. The number of carbonyl (C=O) groups is 3. The number of benzene rings is 1. The Labute approximate surface area is 173 Å². The van der Waals surface area contributed by atoms with Gasteiger partial charge in [-0.25, -0.2) is 9.78 Å². The van der Waals surface area contributed by atoms with Crippen LogP contribution in [0.15, 0.2) is 24.3 Å². The van der Waals surface area contributed by atoms with Crippen LogP contribution in [0.25, 0.3) is 10.2 Å². The maximum absolute atomic E-state index is 12.7. The summed E-state index contributed by atoms with van der Waals surface area (Å²) in [6.45, 7) is 4.37. The highest BCUT2D eigenvalue weighted by Crippen LogP contribution is 2.35. The van der Waals surface area contributed by atoms with Crippen molar-refractivity contribution in [3.05, 3.63) is 29.3 Å². The molecule has 4 amide bonds. The van der Waals surface area contributed by atoms with E-state index >= 15 is 0 Å². The van der Waals surface area contributed by atoms with E-state index in [-0.39, 0.29) is 18.5 Å². The first-order chi connectivity index (χ1) is 13.9. The van der Waals surface area contributed by atoms with Crippen LogP contribution >= 0.6 is 11.3 Å². The molecular weight excluding hydrogens is 390 g/mol. The number of piperidine rings is 1. The minimum Gasteiger partial charge on any atom is -0.322 e. The van der Waals surface area contributed by atoms with Crippen LogP contribution in [0, 0.1) is 0 Å². The zero-order valence-electron chi connectivity index (χ0n) is 16.6. The van der Waals surface area contributed by atoms with Crippen LogP contribution in [-0.2, 0) is 9.59 Å². The van der Waals surface area contributed by atoms with Gasteiger partial charge in [-0.1, -0.05) is 25.5 Å². The predicted octanol–water partition coefficient (Wildman–Crippen LogP) is 2.58. The monoisotopic (exact) mass is 415 g/mol. The van der Waals surface area contributed by atoms with Crippen molar-refractivity contribution in [1.82, 2.24) is 25.6 Å². The number of thiazole rings is 1. The number of hydrogen-bond donors (Lipinski definition) is 2. The number of carbonyl (C=O) groups excluding carboxylic acids is 3. The fourth-order valence-electron chi connectivity index (χ4n) is 3.86. The van der Waals surface area contributed by atoms with Crippen molar-refractivity contribution in [1.29, 1.82) is 0 Å². The smallest absolute Gasteiger partial charge is 0.322 e. The summed E-state index contributed by atoms with van der Waals surface area (Å²) in [5.74, 6) is -0.804. The number of para-hydroxylation sites is 1. The van der Waals surface area contributed by atoms with Gasteiger partial charge in [0, 0.05) is 0 Å². The predicted molar refractivity (Wildman–Crippen MR) is 110 cm³/mol. The third-order valence-corrected chi connectivity index (χ3v) is 6.90. The van der Waals surface area contributed by atoms with E-state index in [0.717, 1.165) is 46.0 Å². The standard InChI is InChI=1S/C20H25N5O3S/c1-3-20(2)18(27)25(19(28)22-20)23-16(26)12-24-11-7-6-9-14(24)17-21-13-8-4-5-10-15(13)29-17/h4-5,8,10,14H,3,6-7,9,11-12H2,1-2H3,(H,22,28)(H,23,26)/t14-,20+/m0/s1. The summed E-state index contributed by atoms with van der Waals surface area (Å²) in [6, 6.07) is 7.50. The first kappa shape index (κ1) is 19.8. The summed E-state index contributed by atoms with van der Waals surface area (Å²) in [5, 5.41) is 4.45. The van der Waals surface area contributed by atoms with Crippen LogP contribution in [0.5, 0.6) is 0 Å². The molecule has 9 heteroatoms. The van der Waals surface area contributed by atoms with E-state index in [0.29, 0.717) is 6.42 Å². The van der Waals surface area contributed by atoms with Crippen molar-refractivity contribution in [2.24, 2.45) is 0 Å². The molecule has 0 aliphatic carbocycles. The van der Waals surface area contributed by atoms with Gasteiger partial charge >= 0.3 is 6.03 Å². The van der Waals surface area contributed by atoms with Crippen molar-refractivity contribution in [2.75, 3.05) is 13.1 Å². The number of fused-ring (bicyclic) bond motifs is 1. The van der Waals surface area contributed by atoms with Crippen LogP contribution in [-0.4, -0.2) is 51.4 Å². The minimum atomic E-state index is -0.973. The number of aromatic nitrogens is 1.